The van der Waals surface area contributed by atoms with Crippen LogP contribution in [0, 0.1) is 11.6 Å². The van der Waals surface area contributed by atoms with Crippen LogP contribution in [0.4, 0.5) is 14.6 Å². The van der Waals surface area contributed by atoms with Gasteiger partial charge in [-0.3, -0.25) is 4.79 Å². The number of benzene rings is 1. The quantitative estimate of drug-likeness (QED) is 0.908. The number of halogens is 3. The van der Waals surface area contributed by atoms with Crippen LogP contribution in [0.15, 0.2) is 36.5 Å². The lowest BCUT2D eigenvalue weighted by molar-refractivity contribution is 0.102. The predicted molar refractivity (Wildman–Crippen MR) is 63.6 cm³/mol. The van der Waals surface area contributed by atoms with Gasteiger partial charge >= 0.3 is 0 Å². The summed E-state index contributed by atoms with van der Waals surface area (Å²) in [5.41, 5.74) is -0.266. The molecule has 1 amide bonds. The lowest BCUT2D eigenvalue weighted by Gasteiger charge is -2.05. The second-order valence-corrected chi connectivity index (χ2v) is 3.87. The number of pyridine rings is 1. The molecule has 0 fully saturated rings. The topological polar surface area (TPSA) is 42.0 Å². The molecule has 0 saturated heterocycles. The number of anilines is 1. The summed E-state index contributed by atoms with van der Waals surface area (Å²) in [7, 11) is 0. The van der Waals surface area contributed by atoms with Crippen LogP contribution in [0.2, 0.25) is 5.02 Å². The van der Waals surface area contributed by atoms with Crippen molar-refractivity contribution < 1.29 is 13.6 Å². The predicted octanol–water partition coefficient (Wildman–Crippen LogP) is 3.27. The molecule has 0 aliphatic heterocycles. The summed E-state index contributed by atoms with van der Waals surface area (Å²) in [6.45, 7) is 0. The van der Waals surface area contributed by atoms with Crippen LogP contribution in [-0.4, -0.2) is 10.9 Å². The van der Waals surface area contributed by atoms with E-state index in [1.165, 1.54) is 18.3 Å². The number of amides is 1. The summed E-state index contributed by atoms with van der Waals surface area (Å²) in [6.07, 6.45) is 1.40. The Morgan fingerprint density at radius 2 is 2.00 bits per heavy atom. The molecule has 1 heterocycles. The number of nitrogens with one attached hydrogen (secondary N) is 1. The molecule has 0 saturated carbocycles. The maximum atomic E-state index is 13.3. The maximum Gasteiger partial charge on any atom is 0.259 e. The molecule has 0 aliphatic rings. The van der Waals surface area contributed by atoms with Crippen molar-refractivity contribution in [3.8, 4) is 0 Å². The third-order valence-electron chi connectivity index (χ3n) is 2.14. The Morgan fingerprint density at radius 3 is 2.67 bits per heavy atom. The molecule has 0 spiro atoms. The fourth-order valence-electron chi connectivity index (χ4n) is 1.33. The number of hydrogen-bond acceptors (Lipinski definition) is 2. The zero-order valence-corrected chi connectivity index (χ0v) is 9.71. The van der Waals surface area contributed by atoms with Gasteiger partial charge < -0.3 is 5.32 Å². The Hall–Kier alpha value is -2.01. The Bertz CT molecular complexity index is 604. The summed E-state index contributed by atoms with van der Waals surface area (Å²) >= 11 is 5.71. The molecule has 0 bridgehead atoms. The van der Waals surface area contributed by atoms with Crippen molar-refractivity contribution in [3.63, 3.8) is 0 Å². The summed E-state index contributed by atoms with van der Waals surface area (Å²) < 4.78 is 26.0. The van der Waals surface area contributed by atoms with Gasteiger partial charge in [0.15, 0.2) is 0 Å². The summed E-state index contributed by atoms with van der Waals surface area (Å²) in [4.78, 5) is 15.5. The highest BCUT2D eigenvalue weighted by Gasteiger charge is 2.13. The highest BCUT2D eigenvalue weighted by molar-refractivity contribution is 6.30. The zero-order valence-electron chi connectivity index (χ0n) is 8.95. The summed E-state index contributed by atoms with van der Waals surface area (Å²) in [5, 5.41) is 2.75. The Morgan fingerprint density at radius 1 is 1.22 bits per heavy atom. The van der Waals surface area contributed by atoms with Crippen molar-refractivity contribution >= 4 is 23.3 Å². The fourth-order valence-corrected chi connectivity index (χ4v) is 1.49. The van der Waals surface area contributed by atoms with E-state index >= 15 is 0 Å². The highest BCUT2D eigenvalue weighted by atomic mass is 35.5. The van der Waals surface area contributed by atoms with Crippen LogP contribution < -0.4 is 5.32 Å². The van der Waals surface area contributed by atoms with Gasteiger partial charge in [-0.25, -0.2) is 13.8 Å². The van der Waals surface area contributed by atoms with E-state index in [9.17, 15) is 13.6 Å². The largest absolute Gasteiger partial charge is 0.306 e. The van der Waals surface area contributed by atoms with Gasteiger partial charge in [0.2, 0.25) is 0 Å². The maximum absolute atomic E-state index is 13.3. The first-order valence-corrected chi connectivity index (χ1v) is 5.32. The van der Waals surface area contributed by atoms with Crippen molar-refractivity contribution in [1.82, 2.24) is 4.98 Å². The van der Waals surface area contributed by atoms with Crippen LogP contribution in [0.1, 0.15) is 10.4 Å². The number of carbonyl (C=O) groups is 1. The van der Waals surface area contributed by atoms with Gasteiger partial charge in [-0.15, -0.1) is 0 Å². The van der Waals surface area contributed by atoms with Gasteiger partial charge in [0.25, 0.3) is 5.91 Å². The highest BCUT2D eigenvalue weighted by Crippen LogP contribution is 2.15. The first-order chi connectivity index (χ1) is 8.56. The number of hydrogen-bond donors (Lipinski definition) is 1. The molecular weight excluding hydrogens is 262 g/mol. The Kier molecular flexibility index (Phi) is 3.53. The Balaban J connectivity index is 2.22. The van der Waals surface area contributed by atoms with E-state index in [0.29, 0.717) is 11.1 Å². The van der Waals surface area contributed by atoms with E-state index < -0.39 is 17.5 Å². The van der Waals surface area contributed by atoms with Gasteiger partial charge in [-0.1, -0.05) is 11.6 Å². The van der Waals surface area contributed by atoms with Crippen LogP contribution in [0.25, 0.3) is 0 Å². The van der Waals surface area contributed by atoms with Gasteiger partial charge in [0, 0.05) is 17.3 Å². The van der Waals surface area contributed by atoms with Crippen LogP contribution >= 0.6 is 11.6 Å². The molecule has 18 heavy (non-hydrogen) atoms. The van der Waals surface area contributed by atoms with Crippen LogP contribution in [0.5, 0.6) is 0 Å². The number of nitrogens with zero attached hydrogens (tertiary/aromatic N) is 1. The third-order valence-corrected chi connectivity index (χ3v) is 2.37. The average molecular weight is 269 g/mol. The van der Waals surface area contributed by atoms with E-state index in [2.05, 4.69) is 10.3 Å². The summed E-state index contributed by atoms with van der Waals surface area (Å²) in [5.74, 6) is -2.21. The van der Waals surface area contributed by atoms with E-state index in [-0.39, 0.29) is 11.4 Å². The van der Waals surface area contributed by atoms with Crippen molar-refractivity contribution in [2.75, 3.05) is 5.32 Å². The van der Waals surface area contributed by atoms with Crippen molar-refractivity contribution in [1.29, 1.82) is 0 Å². The van der Waals surface area contributed by atoms with Gasteiger partial charge in [0.1, 0.15) is 17.5 Å². The molecule has 2 aromatic rings. The molecule has 1 N–H and O–H groups in total. The third kappa shape index (κ3) is 2.81. The fraction of sp³-hybridized carbons (Fsp3) is 0. The molecule has 0 atom stereocenters. The summed E-state index contributed by atoms with van der Waals surface area (Å²) in [6, 6.07) is 5.66. The minimum absolute atomic E-state index is 0.191. The van der Waals surface area contributed by atoms with E-state index in [0.717, 1.165) is 12.1 Å². The molecule has 2 rings (SSSR count). The molecular formula is C12H7ClF2N2O. The van der Waals surface area contributed by atoms with Crippen LogP contribution in [-0.2, 0) is 0 Å². The monoisotopic (exact) mass is 268 g/mol. The van der Waals surface area contributed by atoms with Gasteiger partial charge in [-0.2, -0.15) is 0 Å². The minimum atomic E-state index is -0.936. The average Bonchev–Trinajstić information content (AvgIpc) is 2.28. The second-order valence-electron chi connectivity index (χ2n) is 3.44. The molecule has 0 radical (unpaired) electrons. The molecule has 1 aromatic heterocycles. The molecule has 3 nitrogen and oxygen atoms in total. The SMILES string of the molecule is O=C(Nc1cc(Cl)ccn1)c1ccc(F)cc1F. The molecule has 0 unspecified atom stereocenters. The second kappa shape index (κ2) is 5.10. The van der Waals surface area contributed by atoms with E-state index in [4.69, 9.17) is 11.6 Å². The van der Waals surface area contributed by atoms with Crippen LogP contribution in [0.3, 0.4) is 0 Å². The number of carbonyl (C=O) groups excluding carboxylic acids is 1. The van der Waals surface area contributed by atoms with Gasteiger partial charge in [-0.05, 0) is 24.3 Å². The van der Waals surface area contributed by atoms with E-state index in [1.54, 1.807) is 0 Å². The van der Waals surface area contributed by atoms with E-state index in [1.807, 2.05) is 0 Å². The first kappa shape index (κ1) is 12.4. The Labute approximate surface area is 106 Å². The van der Waals surface area contributed by atoms with Gasteiger partial charge in [0.05, 0.1) is 5.56 Å². The first-order valence-electron chi connectivity index (χ1n) is 4.94. The normalized spacial score (nSPS) is 10.2. The number of aromatic nitrogens is 1. The number of rotatable bonds is 2. The van der Waals surface area contributed by atoms with Crippen molar-refractivity contribution in [3.05, 3.63) is 58.7 Å². The molecule has 0 aliphatic carbocycles. The minimum Gasteiger partial charge on any atom is -0.306 e. The molecule has 1 aromatic carbocycles. The molecule has 6 heteroatoms. The smallest absolute Gasteiger partial charge is 0.259 e. The lowest BCUT2D eigenvalue weighted by Crippen LogP contribution is -2.14. The van der Waals surface area contributed by atoms with Crippen molar-refractivity contribution in [2.45, 2.75) is 0 Å². The lowest BCUT2D eigenvalue weighted by atomic mass is 10.2. The van der Waals surface area contributed by atoms with Crippen molar-refractivity contribution in [2.24, 2.45) is 0 Å². The standard InChI is InChI=1S/C12H7ClF2N2O/c13-7-3-4-16-11(5-7)17-12(18)9-2-1-8(14)6-10(9)15/h1-6H,(H,16,17,18). The molecule has 92 valence electrons. The zero-order chi connectivity index (χ0) is 13.1.